The topological polar surface area (TPSA) is 27.7 Å². The molecule has 2 fully saturated rings. The highest BCUT2D eigenvalue weighted by Gasteiger charge is 2.17. The molecule has 0 spiro atoms. The van der Waals surface area contributed by atoms with Crippen LogP contribution in [-0.4, -0.2) is 57.8 Å². The van der Waals surface area contributed by atoms with Gasteiger partial charge in [-0.15, -0.1) is 0 Å². The lowest BCUT2D eigenvalue weighted by molar-refractivity contribution is 0.244. The van der Waals surface area contributed by atoms with Crippen molar-refractivity contribution in [3.8, 4) is 5.75 Å². The highest BCUT2D eigenvalue weighted by molar-refractivity contribution is 5.57. The van der Waals surface area contributed by atoms with Crippen LogP contribution in [0.2, 0.25) is 0 Å². The van der Waals surface area contributed by atoms with E-state index in [0.717, 1.165) is 31.8 Å². The van der Waals surface area contributed by atoms with Crippen LogP contribution in [0, 0.1) is 0 Å². The molecule has 2 saturated heterocycles. The molecule has 3 rings (SSSR count). The fraction of sp³-hybridized carbons (Fsp3) is 0.647. The molecule has 4 heteroatoms. The molecule has 0 atom stereocenters. The van der Waals surface area contributed by atoms with E-state index >= 15 is 0 Å². The third kappa shape index (κ3) is 3.69. The zero-order valence-electron chi connectivity index (χ0n) is 13.1. The molecular weight excluding hydrogens is 262 g/mol. The Morgan fingerprint density at radius 3 is 2.57 bits per heavy atom. The van der Waals surface area contributed by atoms with Crippen molar-refractivity contribution < 1.29 is 4.74 Å². The van der Waals surface area contributed by atoms with Crippen LogP contribution in [0.5, 0.6) is 5.75 Å². The molecule has 0 bridgehead atoms. The molecule has 0 amide bonds. The van der Waals surface area contributed by atoms with Crippen LogP contribution in [0.1, 0.15) is 18.4 Å². The summed E-state index contributed by atoms with van der Waals surface area (Å²) in [5.41, 5.74) is 2.86. The molecule has 1 N–H and O–H groups in total. The summed E-state index contributed by atoms with van der Waals surface area (Å²) in [7, 11) is 1.75. The number of methoxy groups -OCH3 is 1. The molecule has 1 aromatic carbocycles. The summed E-state index contributed by atoms with van der Waals surface area (Å²) in [6.07, 6.45) is 3.76. The van der Waals surface area contributed by atoms with Gasteiger partial charge in [-0.3, -0.25) is 0 Å². The summed E-state index contributed by atoms with van der Waals surface area (Å²) in [4.78, 5) is 5.09. The van der Waals surface area contributed by atoms with Crippen molar-refractivity contribution in [1.29, 1.82) is 0 Å². The first-order valence-electron chi connectivity index (χ1n) is 8.22. The number of benzene rings is 1. The molecule has 4 nitrogen and oxygen atoms in total. The van der Waals surface area contributed by atoms with Crippen LogP contribution in [0.25, 0.3) is 0 Å². The average molecular weight is 289 g/mol. The first kappa shape index (κ1) is 14.7. The lowest BCUT2D eigenvalue weighted by Gasteiger charge is -2.28. The Labute approximate surface area is 128 Å². The molecular formula is C17H27N3O. The van der Waals surface area contributed by atoms with E-state index in [9.17, 15) is 0 Å². The highest BCUT2D eigenvalue weighted by atomic mass is 16.5. The normalized spacial score (nSPS) is 20.0. The molecule has 0 aromatic heterocycles. The van der Waals surface area contributed by atoms with Crippen molar-refractivity contribution in [2.24, 2.45) is 0 Å². The van der Waals surface area contributed by atoms with E-state index in [0.29, 0.717) is 0 Å². The Bertz CT molecular complexity index is 451. The Morgan fingerprint density at radius 1 is 1.10 bits per heavy atom. The van der Waals surface area contributed by atoms with Gasteiger partial charge < -0.3 is 19.9 Å². The van der Waals surface area contributed by atoms with Crippen molar-refractivity contribution in [1.82, 2.24) is 10.2 Å². The zero-order chi connectivity index (χ0) is 14.5. The van der Waals surface area contributed by atoms with E-state index in [1.807, 2.05) is 0 Å². The minimum atomic E-state index is 0.980. The quantitative estimate of drug-likeness (QED) is 0.894. The van der Waals surface area contributed by atoms with Crippen molar-refractivity contribution in [3.05, 3.63) is 23.8 Å². The largest absolute Gasteiger partial charge is 0.497 e. The Morgan fingerprint density at radius 2 is 1.86 bits per heavy atom. The maximum absolute atomic E-state index is 5.42. The molecule has 1 aromatic rings. The molecule has 0 saturated carbocycles. The van der Waals surface area contributed by atoms with Gasteiger partial charge in [-0.2, -0.15) is 0 Å². The van der Waals surface area contributed by atoms with Gasteiger partial charge in [0.15, 0.2) is 0 Å². The third-order valence-electron chi connectivity index (χ3n) is 4.64. The van der Waals surface area contributed by atoms with Crippen LogP contribution in [0.15, 0.2) is 18.2 Å². The number of ether oxygens (including phenoxy) is 1. The summed E-state index contributed by atoms with van der Waals surface area (Å²) in [5.74, 6) is 0.980. The third-order valence-corrected chi connectivity index (χ3v) is 4.64. The molecule has 0 aliphatic carbocycles. The summed E-state index contributed by atoms with van der Waals surface area (Å²) in [5, 5.41) is 3.42. The number of anilines is 1. The van der Waals surface area contributed by atoms with Crippen molar-refractivity contribution in [2.45, 2.75) is 19.3 Å². The second-order valence-corrected chi connectivity index (χ2v) is 6.03. The number of rotatable bonds is 5. The SMILES string of the molecule is COc1ccc(N2CCCC2)c(CCN2CCNCC2)c1. The second kappa shape index (κ2) is 7.14. The van der Waals surface area contributed by atoms with Gasteiger partial charge in [0.1, 0.15) is 5.75 Å². The van der Waals surface area contributed by atoms with Gasteiger partial charge in [0.25, 0.3) is 0 Å². The van der Waals surface area contributed by atoms with E-state index in [1.165, 1.54) is 50.3 Å². The van der Waals surface area contributed by atoms with Gasteiger partial charge in [0.2, 0.25) is 0 Å². The van der Waals surface area contributed by atoms with E-state index in [4.69, 9.17) is 4.74 Å². The second-order valence-electron chi connectivity index (χ2n) is 6.03. The van der Waals surface area contributed by atoms with E-state index in [2.05, 4.69) is 33.3 Å². The van der Waals surface area contributed by atoms with Crippen molar-refractivity contribution in [3.63, 3.8) is 0 Å². The smallest absolute Gasteiger partial charge is 0.119 e. The predicted octanol–water partition coefficient (Wildman–Crippen LogP) is 1.74. The summed E-state index contributed by atoms with van der Waals surface area (Å²) in [6, 6.07) is 6.58. The number of nitrogens with one attached hydrogen (secondary N) is 1. The first-order valence-corrected chi connectivity index (χ1v) is 8.22. The lowest BCUT2D eigenvalue weighted by atomic mass is 10.1. The molecule has 116 valence electrons. The zero-order valence-corrected chi connectivity index (χ0v) is 13.1. The van der Waals surface area contributed by atoms with Gasteiger partial charge in [-0.05, 0) is 43.0 Å². The number of hydrogen-bond acceptors (Lipinski definition) is 4. The molecule has 21 heavy (non-hydrogen) atoms. The van der Waals surface area contributed by atoms with Gasteiger partial charge in [-0.25, -0.2) is 0 Å². The van der Waals surface area contributed by atoms with Gasteiger partial charge in [0.05, 0.1) is 7.11 Å². The molecule has 2 aliphatic rings. The lowest BCUT2D eigenvalue weighted by Crippen LogP contribution is -2.44. The fourth-order valence-electron chi connectivity index (χ4n) is 3.37. The van der Waals surface area contributed by atoms with Crippen LogP contribution in [-0.2, 0) is 6.42 Å². The Kier molecular flexibility index (Phi) is 4.99. The number of piperazine rings is 1. The monoisotopic (exact) mass is 289 g/mol. The highest BCUT2D eigenvalue weighted by Crippen LogP contribution is 2.28. The maximum Gasteiger partial charge on any atom is 0.119 e. The number of nitrogens with zero attached hydrogens (tertiary/aromatic N) is 2. The summed E-state index contributed by atoms with van der Waals surface area (Å²) >= 11 is 0. The minimum absolute atomic E-state index is 0.980. The Balaban J connectivity index is 1.70. The van der Waals surface area contributed by atoms with Crippen LogP contribution < -0.4 is 15.0 Å². The van der Waals surface area contributed by atoms with Gasteiger partial charge >= 0.3 is 0 Å². The summed E-state index contributed by atoms with van der Waals surface area (Å²) < 4.78 is 5.42. The van der Waals surface area contributed by atoms with Crippen LogP contribution in [0.3, 0.4) is 0 Å². The molecule has 0 unspecified atom stereocenters. The minimum Gasteiger partial charge on any atom is -0.497 e. The average Bonchev–Trinajstić information content (AvgIpc) is 3.08. The predicted molar refractivity (Wildman–Crippen MR) is 87.5 cm³/mol. The van der Waals surface area contributed by atoms with Crippen molar-refractivity contribution in [2.75, 3.05) is 57.8 Å². The number of hydrogen-bond donors (Lipinski definition) is 1. The molecule has 0 radical (unpaired) electrons. The van der Waals surface area contributed by atoms with Gasteiger partial charge in [-0.1, -0.05) is 0 Å². The van der Waals surface area contributed by atoms with Gasteiger partial charge in [0, 0.05) is 51.5 Å². The standard InChI is InChI=1S/C17H27N3O/c1-21-16-4-5-17(20-9-2-3-10-20)15(14-16)6-11-19-12-7-18-8-13-19/h4-5,14,18H,2-3,6-13H2,1H3. The molecule has 2 heterocycles. The van der Waals surface area contributed by atoms with E-state index in [1.54, 1.807) is 7.11 Å². The van der Waals surface area contributed by atoms with Crippen LogP contribution in [0.4, 0.5) is 5.69 Å². The van der Waals surface area contributed by atoms with Crippen LogP contribution >= 0.6 is 0 Å². The van der Waals surface area contributed by atoms with E-state index in [-0.39, 0.29) is 0 Å². The first-order chi connectivity index (χ1) is 10.4. The van der Waals surface area contributed by atoms with Crippen molar-refractivity contribution >= 4 is 5.69 Å². The Hall–Kier alpha value is -1.26. The maximum atomic E-state index is 5.42. The van der Waals surface area contributed by atoms with E-state index < -0.39 is 0 Å². The molecule has 2 aliphatic heterocycles. The summed E-state index contributed by atoms with van der Waals surface area (Å²) in [6.45, 7) is 8.13. The fourth-order valence-corrected chi connectivity index (χ4v) is 3.37.